The zero-order valence-corrected chi connectivity index (χ0v) is 10.1. The van der Waals surface area contributed by atoms with Gasteiger partial charge in [0.1, 0.15) is 6.07 Å². The van der Waals surface area contributed by atoms with E-state index in [1.165, 1.54) is 0 Å². The fourth-order valence-electron chi connectivity index (χ4n) is 0.559. The van der Waals surface area contributed by atoms with Crippen LogP contribution in [-0.2, 0) is 4.79 Å². The van der Waals surface area contributed by atoms with E-state index in [1.54, 1.807) is 12.1 Å². The third kappa shape index (κ3) is 17.1. The van der Waals surface area contributed by atoms with Crippen molar-refractivity contribution in [2.75, 3.05) is 0 Å². The first-order chi connectivity index (χ1) is 6.22. The molecule has 0 aliphatic rings. The van der Waals surface area contributed by atoms with Gasteiger partial charge in [-0.05, 0) is 11.3 Å². The van der Waals surface area contributed by atoms with Crippen LogP contribution in [-0.4, -0.2) is 6.29 Å². The van der Waals surface area contributed by atoms with E-state index in [1.807, 2.05) is 20.8 Å². The smallest absolute Gasteiger partial charge is 0.160 e. The lowest BCUT2D eigenvalue weighted by molar-refractivity contribution is -0.104. The van der Waals surface area contributed by atoms with Crippen LogP contribution in [0.2, 0.25) is 0 Å². The predicted octanol–water partition coefficient (Wildman–Crippen LogP) is 3.34. The van der Waals surface area contributed by atoms with Gasteiger partial charge in [0.05, 0.1) is 5.57 Å². The van der Waals surface area contributed by atoms with Crippen molar-refractivity contribution in [3.8, 4) is 6.07 Å². The number of nitrogens with zero attached hydrogens (tertiary/aromatic N) is 1. The van der Waals surface area contributed by atoms with Gasteiger partial charge in [-0.1, -0.05) is 47.6 Å². The van der Waals surface area contributed by atoms with E-state index in [9.17, 15) is 4.79 Å². The Labute approximate surface area is 87.6 Å². The third-order valence-corrected chi connectivity index (χ3v) is 0.845. The van der Waals surface area contributed by atoms with Crippen molar-refractivity contribution in [3.05, 3.63) is 11.6 Å². The molecule has 0 atom stereocenters. The molecule has 0 heterocycles. The van der Waals surface area contributed by atoms with Gasteiger partial charge in [-0.15, -0.1) is 0 Å². The second-order valence-electron chi connectivity index (χ2n) is 4.93. The maximum absolute atomic E-state index is 10.1. The van der Waals surface area contributed by atoms with Gasteiger partial charge in [-0.2, -0.15) is 5.26 Å². The average molecular weight is 195 g/mol. The molecule has 0 spiro atoms. The summed E-state index contributed by atoms with van der Waals surface area (Å²) >= 11 is 0. The Morgan fingerprint density at radius 3 is 1.71 bits per heavy atom. The van der Waals surface area contributed by atoms with Gasteiger partial charge in [0, 0.05) is 0 Å². The van der Waals surface area contributed by atoms with Gasteiger partial charge >= 0.3 is 0 Å². The van der Waals surface area contributed by atoms with Crippen LogP contribution in [0.25, 0.3) is 0 Å². The number of hydrogen-bond donors (Lipinski definition) is 0. The van der Waals surface area contributed by atoms with Crippen molar-refractivity contribution >= 4 is 6.29 Å². The summed E-state index contributed by atoms with van der Waals surface area (Å²) in [6, 6.07) is 1.80. The molecule has 0 aromatic heterocycles. The zero-order chi connectivity index (χ0) is 11.8. The number of rotatable bonds is 1. The molecule has 0 unspecified atom stereocenters. The van der Waals surface area contributed by atoms with Crippen LogP contribution in [0.3, 0.4) is 0 Å². The summed E-state index contributed by atoms with van der Waals surface area (Å²) in [6.45, 7) is 12.3. The standard InChI is InChI=1S/C8H11NO.C4H10/c1-8(2,3)4-7(5-9)6-10;1-4(2)3/h4,6H,1-3H3;4H,1-3H3/b7-4+;. The molecular formula is C12H21NO. The Hall–Kier alpha value is -1.10. The number of allylic oxidation sites excluding steroid dienone is 2. The first kappa shape index (κ1) is 15.4. The van der Waals surface area contributed by atoms with Gasteiger partial charge in [-0.3, -0.25) is 4.79 Å². The van der Waals surface area contributed by atoms with Crippen molar-refractivity contribution in [1.82, 2.24) is 0 Å². The number of carbonyl (C=O) groups excluding carboxylic acids is 1. The van der Waals surface area contributed by atoms with Crippen LogP contribution >= 0.6 is 0 Å². The lowest BCUT2D eigenvalue weighted by Gasteiger charge is -2.10. The second kappa shape index (κ2) is 7.32. The molecule has 0 aromatic rings. The Kier molecular flexibility index (Phi) is 8.04. The van der Waals surface area contributed by atoms with E-state index in [-0.39, 0.29) is 11.0 Å². The quantitative estimate of drug-likeness (QED) is 0.366. The molecule has 0 aromatic carbocycles. The monoisotopic (exact) mass is 195 g/mol. The Morgan fingerprint density at radius 2 is 1.64 bits per heavy atom. The first-order valence-corrected chi connectivity index (χ1v) is 4.81. The zero-order valence-electron chi connectivity index (χ0n) is 10.1. The van der Waals surface area contributed by atoms with Crippen molar-refractivity contribution in [2.45, 2.75) is 41.5 Å². The van der Waals surface area contributed by atoms with Crippen LogP contribution in [0.4, 0.5) is 0 Å². The average Bonchev–Trinajstić information content (AvgIpc) is 1.97. The summed E-state index contributed by atoms with van der Waals surface area (Å²) in [5, 5.41) is 8.34. The highest BCUT2D eigenvalue weighted by molar-refractivity contribution is 5.78. The number of hydrogen-bond acceptors (Lipinski definition) is 2. The Morgan fingerprint density at radius 1 is 1.29 bits per heavy atom. The van der Waals surface area contributed by atoms with Crippen molar-refractivity contribution < 1.29 is 4.79 Å². The molecule has 0 aliphatic carbocycles. The van der Waals surface area contributed by atoms with Crippen LogP contribution in [0.5, 0.6) is 0 Å². The van der Waals surface area contributed by atoms with E-state index in [0.717, 1.165) is 5.92 Å². The number of aldehydes is 1. The minimum Gasteiger partial charge on any atom is -0.297 e. The highest BCUT2D eigenvalue weighted by Gasteiger charge is 2.06. The Bertz CT molecular complexity index is 223. The van der Waals surface area contributed by atoms with Crippen LogP contribution in [0.1, 0.15) is 41.5 Å². The number of nitriles is 1. The van der Waals surface area contributed by atoms with Gasteiger partial charge in [0.2, 0.25) is 0 Å². The summed E-state index contributed by atoms with van der Waals surface area (Å²) in [5.41, 5.74) is 0.110. The molecule has 2 heteroatoms. The first-order valence-electron chi connectivity index (χ1n) is 4.81. The molecule has 0 saturated carbocycles. The molecule has 0 aliphatic heterocycles. The maximum atomic E-state index is 10.1. The Balaban J connectivity index is 0. The van der Waals surface area contributed by atoms with Crippen LogP contribution in [0, 0.1) is 22.7 Å². The molecule has 2 nitrogen and oxygen atoms in total. The van der Waals surface area contributed by atoms with Gasteiger partial charge < -0.3 is 0 Å². The fraction of sp³-hybridized carbons (Fsp3) is 0.667. The third-order valence-electron chi connectivity index (χ3n) is 0.845. The molecule has 14 heavy (non-hydrogen) atoms. The summed E-state index contributed by atoms with van der Waals surface area (Å²) in [6.07, 6.45) is 2.23. The van der Waals surface area contributed by atoms with Crippen LogP contribution < -0.4 is 0 Å². The van der Waals surface area contributed by atoms with Gasteiger partial charge in [-0.25, -0.2) is 0 Å². The van der Waals surface area contributed by atoms with E-state index in [0.29, 0.717) is 6.29 Å². The highest BCUT2D eigenvalue weighted by Crippen LogP contribution is 2.16. The molecule has 0 radical (unpaired) electrons. The summed E-state index contributed by atoms with van der Waals surface area (Å²) in [5.74, 6) is 0.833. The normalized spacial score (nSPS) is 11.4. The minimum atomic E-state index is -0.0913. The highest BCUT2D eigenvalue weighted by atomic mass is 16.1. The summed E-state index contributed by atoms with van der Waals surface area (Å²) in [7, 11) is 0. The largest absolute Gasteiger partial charge is 0.297 e. The molecule has 0 saturated heterocycles. The molecular weight excluding hydrogens is 174 g/mol. The maximum Gasteiger partial charge on any atom is 0.160 e. The molecule has 0 fully saturated rings. The van der Waals surface area contributed by atoms with Crippen molar-refractivity contribution in [2.24, 2.45) is 11.3 Å². The molecule has 0 N–H and O–H groups in total. The van der Waals surface area contributed by atoms with Gasteiger partial charge in [0.15, 0.2) is 6.29 Å². The topological polar surface area (TPSA) is 40.9 Å². The van der Waals surface area contributed by atoms with Gasteiger partial charge in [0.25, 0.3) is 0 Å². The van der Waals surface area contributed by atoms with Crippen molar-refractivity contribution in [3.63, 3.8) is 0 Å². The number of carbonyl (C=O) groups is 1. The van der Waals surface area contributed by atoms with E-state index in [4.69, 9.17) is 5.26 Å². The molecule has 0 bridgehead atoms. The fourth-order valence-corrected chi connectivity index (χ4v) is 0.559. The second-order valence-corrected chi connectivity index (χ2v) is 4.93. The minimum absolute atomic E-state index is 0.0913. The van der Waals surface area contributed by atoms with Crippen LogP contribution in [0.15, 0.2) is 11.6 Å². The molecule has 0 rings (SSSR count). The van der Waals surface area contributed by atoms with Crippen molar-refractivity contribution in [1.29, 1.82) is 5.26 Å². The van der Waals surface area contributed by atoms with E-state index < -0.39 is 0 Å². The lowest BCUT2D eigenvalue weighted by atomic mass is 9.94. The molecule has 80 valence electrons. The summed E-state index contributed by atoms with van der Waals surface area (Å²) < 4.78 is 0. The SMILES string of the molecule is CC(C)(C)/C=C(\C#N)C=O.CC(C)C. The lowest BCUT2D eigenvalue weighted by Crippen LogP contribution is -2.01. The van der Waals surface area contributed by atoms with E-state index >= 15 is 0 Å². The molecule has 0 amide bonds. The van der Waals surface area contributed by atoms with E-state index in [2.05, 4.69) is 20.8 Å². The summed E-state index contributed by atoms with van der Waals surface area (Å²) in [4.78, 5) is 10.1. The predicted molar refractivity (Wildman–Crippen MR) is 59.7 cm³/mol.